The smallest absolute Gasteiger partial charge is 0.549 e. The Hall–Kier alpha value is 1.37. The Morgan fingerprint density at radius 1 is 0.941 bits per heavy atom. The van der Waals surface area contributed by atoms with Gasteiger partial charge in [0.15, 0.2) is 0 Å². The summed E-state index contributed by atoms with van der Waals surface area (Å²) in [4.78, 5) is 31.3. The normalized spacial score (nSPS) is 10.2. The minimum Gasteiger partial charge on any atom is -0.549 e. The monoisotopic (exact) mass is 271 g/mol. The fourth-order valence-corrected chi connectivity index (χ4v) is 0.810. The molecule has 0 rings (SSSR count). The van der Waals surface area contributed by atoms with E-state index in [0.29, 0.717) is 4.90 Å². The summed E-state index contributed by atoms with van der Waals surface area (Å²) >= 11 is 0. The molecule has 0 saturated carbocycles. The molecule has 10 heteroatoms. The maximum atomic E-state index is 10.3. The van der Waals surface area contributed by atoms with Crippen molar-refractivity contribution in [1.82, 2.24) is 4.90 Å². The molecule has 0 aliphatic heterocycles. The van der Waals surface area contributed by atoms with Gasteiger partial charge in [0, 0.05) is 19.1 Å². The summed E-state index contributed by atoms with van der Waals surface area (Å²) in [6.45, 7) is -0.493. The first-order valence-corrected chi connectivity index (χ1v) is 3.69. The van der Waals surface area contributed by atoms with Crippen LogP contribution in [0.25, 0.3) is 0 Å². The van der Waals surface area contributed by atoms with Gasteiger partial charge in [-0.05, 0) is 6.92 Å². The fourth-order valence-electron chi connectivity index (χ4n) is 0.810. The quantitative estimate of drug-likeness (QED) is 0.439. The average molecular weight is 271 g/mol. The number of carbonyl (C=O) groups is 3. The number of hydrogen-bond acceptors (Lipinski definition) is 7. The molecule has 0 heterocycles. The van der Waals surface area contributed by atoms with Crippen LogP contribution in [-0.2, 0) is 14.4 Å². The Morgan fingerprint density at radius 3 is 1.41 bits per heavy atom. The molecular weight excluding hydrogens is 263 g/mol. The Balaban J connectivity index is -0.000000282. The minimum absolute atomic E-state index is 0. The molecule has 7 nitrogen and oxygen atoms in total. The summed E-state index contributed by atoms with van der Waals surface area (Å²) in [5, 5.41) is 30.6. The van der Waals surface area contributed by atoms with Crippen LogP contribution in [0.2, 0.25) is 0 Å². The van der Waals surface area contributed by atoms with Crippen LogP contribution >= 0.6 is 0 Å². The van der Waals surface area contributed by atoms with Crippen molar-refractivity contribution in [1.29, 1.82) is 0 Å². The zero-order valence-corrected chi connectivity index (χ0v) is 16.4. The molecule has 0 saturated heterocycles. The van der Waals surface area contributed by atoms with Gasteiger partial charge in [-0.15, -0.1) is 0 Å². The Bertz CT molecular complexity index is 246. The first kappa shape index (κ1) is 26.8. The van der Waals surface area contributed by atoms with Crippen LogP contribution < -0.4 is 104 Å². The Labute approximate surface area is 165 Å². The van der Waals surface area contributed by atoms with Crippen LogP contribution in [0, 0.1) is 0 Å². The number of aliphatic carboxylic acids is 3. The first-order valence-electron chi connectivity index (χ1n) is 3.69. The predicted molar refractivity (Wildman–Crippen MR) is 36.1 cm³/mol. The SMILES string of the molecule is C[C@H](C(=O)[O-])N(CC(=O)[O-])CC(=O)[O-].[Na+].[Na+].[Na+]. The van der Waals surface area contributed by atoms with Crippen molar-refractivity contribution in [2.24, 2.45) is 0 Å². The van der Waals surface area contributed by atoms with Crippen LogP contribution in [0.3, 0.4) is 0 Å². The molecule has 0 radical (unpaired) electrons. The van der Waals surface area contributed by atoms with E-state index in [9.17, 15) is 29.7 Å². The molecule has 0 aliphatic carbocycles. The van der Waals surface area contributed by atoms with Crippen molar-refractivity contribution in [2.45, 2.75) is 13.0 Å². The van der Waals surface area contributed by atoms with Gasteiger partial charge in [-0.25, -0.2) is 0 Å². The molecule has 0 bridgehead atoms. The van der Waals surface area contributed by atoms with E-state index in [1.54, 1.807) is 0 Å². The van der Waals surface area contributed by atoms with Crippen LogP contribution in [0.4, 0.5) is 0 Å². The van der Waals surface area contributed by atoms with Crippen molar-refractivity contribution >= 4 is 17.9 Å². The van der Waals surface area contributed by atoms with Crippen molar-refractivity contribution in [3.05, 3.63) is 0 Å². The number of rotatable bonds is 6. The van der Waals surface area contributed by atoms with Crippen LogP contribution in [0.5, 0.6) is 0 Å². The van der Waals surface area contributed by atoms with Crippen LogP contribution in [0.15, 0.2) is 0 Å². The van der Waals surface area contributed by atoms with Gasteiger partial charge in [0.1, 0.15) is 0 Å². The molecule has 1 atom stereocenters. The molecule has 0 fully saturated rings. The topological polar surface area (TPSA) is 124 Å². The molecular formula is C7H8NNa3O6. The molecule has 0 spiro atoms. The third-order valence-corrected chi connectivity index (χ3v) is 1.55. The van der Waals surface area contributed by atoms with E-state index < -0.39 is 37.0 Å². The Morgan fingerprint density at radius 2 is 1.24 bits per heavy atom. The fraction of sp³-hybridized carbons (Fsp3) is 0.571. The van der Waals surface area contributed by atoms with Crippen molar-refractivity contribution in [3.63, 3.8) is 0 Å². The number of carboxylic acid groups (broad SMARTS) is 3. The molecule has 0 N–H and O–H groups in total. The third kappa shape index (κ3) is 13.6. The van der Waals surface area contributed by atoms with Crippen LogP contribution in [-0.4, -0.2) is 41.9 Å². The van der Waals surface area contributed by atoms with Gasteiger partial charge >= 0.3 is 88.7 Å². The van der Waals surface area contributed by atoms with Gasteiger partial charge in [0.05, 0.1) is 17.9 Å². The zero-order valence-electron chi connectivity index (χ0n) is 10.4. The van der Waals surface area contributed by atoms with E-state index in [4.69, 9.17) is 0 Å². The zero-order chi connectivity index (χ0) is 11.3. The van der Waals surface area contributed by atoms with E-state index in [2.05, 4.69) is 0 Å². The minimum atomic E-state index is -1.57. The summed E-state index contributed by atoms with van der Waals surface area (Å²) in [6.07, 6.45) is 0. The molecule has 0 aromatic carbocycles. The van der Waals surface area contributed by atoms with Crippen molar-refractivity contribution < 1.29 is 118 Å². The third-order valence-electron chi connectivity index (χ3n) is 1.55. The van der Waals surface area contributed by atoms with Gasteiger partial charge in [-0.1, -0.05) is 0 Å². The van der Waals surface area contributed by atoms with Crippen LogP contribution in [0.1, 0.15) is 6.92 Å². The van der Waals surface area contributed by atoms with Gasteiger partial charge in [0.2, 0.25) is 0 Å². The van der Waals surface area contributed by atoms with E-state index >= 15 is 0 Å². The van der Waals surface area contributed by atoms with Gasteiger partial charge in [-0.2, -0.15) is 0 Å². The van der Waals surface area contributed by atoms with E-state index in [1.165, 1.54) is 0 Å². The van der Waals surface area contributed by atoms with E-state index in [-0.39, 0.29) is 88.7 Å². The first-order chi connectivity index (χ1) is 6.34. The number of carboxylic acids is 3. The van der Waals surface area contributed by atoms with E-state index in [0.717, 1.165) is 6.92 Å². The molecule has 80 valence electrons. The largest absolute Gasteiger partial charge is 1.00 e. The Kier molecular flexibility index (Phi) is 21.8. The molecule has 0 aliphatic rings. The molecule has 0 amide bonds. The summed E-state index contributed by atoms with van der Waals surface area (Å²) in [5.74, 6) is -4.70. The number of nitrogens with zero attached hydrogens (tertiary/aromatic N) is 1. The summed E-state index contributed by atoms with van der Waals surface area (Å²) < 4.78 is 0. The summed E-state index contributed by atoms with van der Waals surface area (Å²) in [6, 6.07) is -1.33. The average Bonchev–Trinajstić information content (AvgIpc) is 1.99. The summed E-state index contributed by atoms with van der Waals surface area (Å²) in [7, 11) is 0. The second kappa shape index (κ2) is 13.8. The standard InChI is InChI=1S/C7H11NO6.3Na/c1-4(7(13)14)8(2-5(9)10)3-6(11)12;;;/h4H,2-3H2,1H3,(H,9,10)(H,11,12)(H,13,14);;;/q;3*+1/p-3/t4-;;;/m1.../s1. The van der Waals surface area contributed by atoms with Gasteiger partial charge < -0.3 is 29.7 Å². The predicted octanol–water partition coefficient (Wildman–Crippen LogP) is -14.1. The molecule has 0 aromatic heterocycles. The number of carbonyl (C=O) groups excluding carboxylic acids is 3. The number of hydrogen-bond donors (Lipinski definition) is 0. The van der Waals surface area contributed by atoms with Gasteiger partial charge in [-0.3, -0.25) is 4.90 Å². The van der Waals surface area contributed by atoms with Crippen molar-refractivity contribution in [3.8, 4) is 0 Å². The molecule has 0 aromatic rings. The second-order valence-electron chi connectivity index (χ2n) is 2.64. The van der Waals surface area contributed by atoms with E-state index in [1.807, 2.05) is 0 Å². The molecule has 17 heavy (non-hydrogen) atoms. The van der Waals surface area contributed by atoms with Crippen molar-refractivity contribution in [2.75, 3.05) is 13.1 Å². The maximum Gasteiger partial charge on any atom is 1.00 e. The second-order valence-corrected chi connectivity index (χ2v) is 2.64. The summed E-state index contributed by atoms with van der Waals surface area (Å²) in [5.41, 5.74) is 0. The van der Waals surface area contributed by atoms with Gasteiger partial charge in [0.25, 0.3) is 0 Å². The molecule has 0 unspecified atom stereocenters. The maximum absolute atomic E-state index is 10.3.